The van der Waals surface area contributed by atoms with E-state index in [-0.39, 0.29) is 5.91 Å². The predicted octanol–water partition coefficient (Wildman–Crippen LogP) is 4.03. The van der Waals surface area contributed by atoms with Crippen molar-refractivity contribution in [3.63, 3.8) is 0 Å². The normalized spacial score (nSPS) is 13.8. The van der Waals surface area contributed by atoms with E-state index in [1.54, 1.807) is 11.1 Å². The van der Waals surface area contributed by atoms with E-state index in [0.29, 0.717) is 17.8 Å². The second-order valence-corrected chi connectivity index (χ2v) is 7.04. The lowest BCUT2D eigenvalue weighted by molar-refractivity contribution is 0.0648. The molecule has 3 heterocycles. The number of nitrogens with one attached hydrogen (secondary N) is 1. The number of halogens is 2. The van der Waals surface area contributed by atoms with Crippen molar-refractivity contribution in [2.75, 3.05) is 18.4 Å². The minimum atomic E-state index is -0.597. The Kier molecular flexibility index (Phi) is 4.09. The Bertz CT molecular complexity index is 932. The van der Waals surface area contributed by atoms with Crippen molar-refractivity contribution >= 4 is 32.3 Å². The van der Waals surface area contributed by atoms with E-state index < -0.39 is 11.6 Å². The first-order chi connectivity index (χ1) is 12.1. The molecule has 4 rings (SSSR count). The van der Waals surface area contributed by atoms with Crippen LogP contribution in [0.2, 0.25) is 0 Å². The maximum Gasteiger partial charge on any atom is 0.273 e. The van der Waals surface area contributed by atoms with Crippen molar-refractivity contribution in [2.24, 2.45) is 0 Å². The number of benzene rings is 1. The molecule has 1 saturated heterocycles. The molecule has 0 spiro atoms. The summed E-state index contributed by atoms with van der Waals surface area (Å²) in [6.45, 7) is 1.85. The van der Waals surface area contributed by atoms with Gasteiger partial charge in [0.2, 0.25) is 0 Å². The Morgan fingerprint density at radius 2 is 1.96 bits per heavy atom. The van der Waals surface area contributed by atoms with Crippen LogP contribution in [0.5, 0.6) is 0 Å². The van der Waals surface area contributed by atoms with Gasteiger partial charge in [-0.15, -0.1) is 11.3 Å². The Morgan fingerprint density at radius 1 is 1.20 bits per heavy atom. The number of carbonyl (C=O) groups excluding carboxylic acids is 1. The third-order valence-corrected chi connectivity index (χ3v) is 5.24. The SMILES string of the molecule is O=C(c1nccc2sc(NCc3cc(F)cc(F)c3)cc12)N1CCC1. The fourth-order valence-corrected chi connectivity index (χ4v) is 3.74. The number of hydrogen-bond donors (Lipinski definition) is 1. The number of thiophene rings is 1. The van der Waals surface area contributed by atoms with Crippen LogP contribution < -0.4 is 5.32 Å². The summed E-state index contributed by atoms with van der Waals surface area (Å²) < 4.78 is 27.5. The molecule has 0 unspecified atom stereocenters. The van der Waals surface area contributed by atoms with E-state index >= 15 is 0 Å². The fraction of sp³-hybridized carbons (Fsp3) is 0.222. The third-order valence-electron chi connectivity index (χ3n) is 4.18. The molecule has 0 radical (unpaired) electrons. The number of amides is 1. The summed E-state index contributed by atoms with van der Waals surface area (Å²) in [5, 5.41) is 4.79. The smallest absolute Gasteiger partial charge is 0.273 e. The summed E-state index contributed by atoms with van der Waals surface area (Å²) in [5.41, 5.74) is 0.975. The van der Waals surface area contributed by atoms with Gasteiger partial charge in [-0.3, -0.25) is 9.78 Å². The zero-order valence-electron chi connectivity index (χ0n) is 13.3. The number of anilines is 1. The number of pyridine rings is 1. The van der Waals surface area contributed by atoms with E-state index in [9.17, 15) is 13.6 Å². The summed E-state index contributed by atoms with van der Waals surface area (Å²) in [5.74, 6) is -1.24. The Balaban J connectivity index is 1.57. The molecule has 1 fully saturated rings. The number of hydrogen-bond acceptors (Lipinski definition) is 4. The van der Waals surface area contributed by atoms with Crippen LogP contribution in [0.1, 0.15) is 22.5 Å². The lowest BCUT2D eigenvalue weighted by Gasteiger charge is -2.30. The molecule has 4 nitrogen and oxygen atoms in total. The Hall–Kier alpha value is -2.54. The monoisotopic (exact) mass is 359 g/mol. The van der Waals surface area contributed by atoms with Crippen molar-refractivity contribution in [2.45, 2.75) is 13.0 Å². The molecule has 1 amide bonds. The molecule has 1 N–H and O–H groups in total. The van der Waals surface area contributed by atoms with Crippen LogP contribution in [0.15, 0.2) is 36.5 Å². The fourth-order valence-electron chi connectivity index (χ4n) is 2.79. The Morgan fingerprint density at radius 3 is 2.64 bits per heavy atom. The van der Waals surface area contributed by atoms with E-state index in [4.69, 9.17) is 0 Å². The van der Waals surface area contributed by atoms with E-state index in [1.807, 2.05) is 12.1 Å². The average molecular weight is 359 g/mol. The number of likely N-dealkylation sites (tertiary alicyclic amines) is 1. The predicted molar refractivity (Wildman–Crippen MR) is 93.8 cm³/mol. The Labute approximate surface area is 147 Å². The second-order valence-electron chi connectivity index (χ2n) is 5.96. The van der Waals surface area contributed by atoms with Gasteiger partial charge in [-0.1, -0.05) is 0 Å². The summed E-state index contributed by atoms with van der Waals surface area (Å²) in [4.78, 5) is 18.5. The van der Waals surface area contributed by atoms with E-state index in [2.05, 4.69) is 10.3 Å². The molecule has 2 aromatic heterocycles. The molecule has 1 aliphatic heterocycles. The van der Waals surface area contributed by atoms with Crippen LogP contribution in [0, 0.1) is 11.6 Å². The van der Waals surface area contributed by atoms with Crippen LogP contribution in [-0.4, -0.2) is 28.9 Å². The lowest BCUT2D eigenvalue weighted by atomic mass is 10.1. The molecule has 0 bridgehead atoms. The number of rotatable bonds is 4. The van der Waals surface area contributed by atoms with Gasteiger partial charge < -0.3 is 10.2 Å². The lowest BCUT2D eigenvalue weighted by Crippen LogP contribution is -2.42. The number of fused-ring (bicyclic) bond motifs is 1. The first kappa shape index (κ1) is 16.0. The second kappa shape index (κ2) is 6.40. The zero-order valence-corrected chi connectivity index (χ0v) is 14.1. The molecular weight excluding hydrogens is 344 g/mol. The number of carbonyl (C=O) groups is 1. The topological polar surface area (TPSA) is 45.2 Å². The van der Waals surface area contributed by atoms with Gasteiger partial charge in [0.1, 0.15) is 17.3 Å². The van der Waals surface area contributed by atoms with Gasteiger partial charge in [0, 0.05) is 42.0 Å². The first-order valence-electron chi connectivity index (χ1n) is 7.97. The largest absolute Gasteiger partial charge is 0.373 e. The molecule has 7 heteroatoms. The minimum absolute atomic E-state index is 0.0478. The number of nitrogens with zero attached hydrogens (tertiary/aromatic N) is 2. The van der Waals surface area contributed by atoms with Crippen LogP contribution in [0.25, 0.3) is 10.1 Å². The van der Waals surface area contributed by atoms with Crippen molar-refractivity contribution in [1.29, 1.82) is 0 Å². The van der Waals surface area contributed by atoms with Gasteiger partial charge >= 0.3 is 0 Å². The molecular formula is C18H15F2N3OS. The molecule has 1 aliphatic rings. The first-order valence-corrected chi connectivity index (χ1v) is 8.78. The van der Waals surface area contributed by atoms with Gasteiger partial charge in [0.15, 0.2) is 0 Å². The van der Waals surface area contributed by atoms with Gasteiger partial charge in [0.25, 0.3) is 5.91 Å². The molecule has 0 saturated carbocycles. The maximum absolute atomic E-state index is 13.3. The average Bonchev–Trinajstić information content (AvgIpc) is 2.93. The molecule has 0 atom stereocenters. The van der Waals surface area contributed by atoms with Crippen LogP contribution in [0.3, 0.4) is 0 Å². The molecule has 1 aromatic carbocycles. The quantitative estimate of drug-likeness (QED) is 0.765. The van der Waals surface area contributed by atoms with Crippen LogP contribution in [0.4, 0.5) is 13.8 Å². The molecule has 25 heavy (non-hydrogen) atoms. The third kappa shape index (κ3) is 3.19. The van der Waals surface area contributed by atoms with Crippen molar-refractivity contribution in [1.82, 2.24) is 9.88 Å². The van der Waals surface area contributed by atoms with Crippen molar-refractivity contribution in [3.8, 4) is 0 Å². The summed E-state index contributed by atoms with van der Waals surface area (Å²) >= 11 is 1.48. The summed E-state index contributed by atoms with van der Waals surface area (Å²) in [6.07, 6.45) is 2.67. The highest BCUT2D eigenvalue weighted by Gasteiger charge is 2.24. The summed E-state index contributed by atoms with van der Waals surface area (Å²) in [7, 11) is 0. The summed E-state index contributed by atoms with van der Waals surface area (Å²) in [6, 6.07) is 7.17. The standard InChI is InChI=1S/C18H15F2N3OS/c19-12-6-11(7-13(20)8-12)10-22-16-9-14-15(25-16)2-3-21-17(14)18(24)23-4-1-5-23/h2-3,6-9,22H,1,4-5,10H2. The van der Waals surface area contributed by atoms with E-state index in [0.717, 1.165) is 40.7 Å². The zero-order chi connectivity index (χ0) is 17.4. The highest BCUT2D eigenvalue weighted by Crippen LogP contribution is 2.32. The van der Waals surface area contributed by atoms with Gasteiger partial charge in [0.05, 0.1) is 5.00 Å². The highest BCUT2D eigenvalue weighted by atomic mass is 32.1. The van der Waals surface area contributed by atoms with Crippen LogP contribution in [-0.2, 0) is 6.54 Å². The molecule has 128 valence electrons. The molecule has 3 aromatic rings. The highest BCUT2D eigenvalue weighted by molar-refractivity contribution is 7.22. The van der Waals surface area contributed by atoms with E-state index in [1.165, 1.54) is 23.5 Å². The number of aromatic nitrogens is 1. The maximum atomic E-state index is 13.3. The van der Waals surface area contributed by atoms with Crippen molar-refractivity contribution in [3.05, 3.63) is 59.4 Å². The molecule has 0 aliphatic carbocycles. The van der Waals surface area contributed by atoms with Gasteiger partial charge in [-0.05, 0) is 36.2 Å². The van der Waals surface area contributed by atoms with Crippen molar-refractivity contribution < 1.29 is 13.6 Å². The van der Waals surface area contributed by atoms with Gasteiger partial charge in [-0.2, -0.15) is 0 Å². The minimum Gasteiger partial charge on any atom is -0.373 e. The van der Waals surface area contributed by atoms with Gasteiger partial charge in [-0.25, -0.2) is 8.78 Å². The van der Waals surface area contributed by atoms with Crippen LogP contribution >= 0.6 is 11.3 Å².